The fourth-order valence-corrected chi connectivity index (χ4v) is 3.85. The number of rotatable bonds is 9. The number of benzene rings is 1. The van der Waals surface area contributed by atoms with Gasteiger partial charge in [0.25, 0.3) is 5.91 Å². The maximum atomic E-state index is 12.3. The molecule has 1 saturated carbocycles. The van der Waals surface area contributed by atoms with Crippen molar-refractivity contribution in [1.82, 2.24) is 20.1 Å². The van der Waals surface area contributed by atoms with Gasteiger partial charge in [-0.3, -0.25) is 14.5 Å². The van der Waals surface area contributed by atoms with Crippen molar-refractivity contribution < 1.29 is 14.3 Å². The lowest BCUT2D eigenvalue weighted by atomic mass is 10.2. The van der Waals surface area contributed by atoms with Gasteiger partial charge in [-0.05, 0) is 62.2 Å². The fourth-order valence-electron chi connectivity index (χ4n) is 3.85. The molecule has 0 spiro atoms. The molecule has 31 heavy (non-hydrogen) atoms. The third-order valence-electron chi connectivity index (χ3n) is 5.36. The number of aromatic nitrogens is 3. The Hall–Kier alpha value is -3.35. The highest BCUT2D eigenvalue weighted by molar-refractivity contribution is 5.77. The van der Waals surface area contributed by atoms with Gasteiger partial charge in [-0.1, -0.05) is 18.9 Å². The van der Waals surface area contributed by atoms with Gasteiger partial charge in [0.2, 0.25) is 0 Å². The van der Waals surface area contributed by atoms with E-state index in [1.165, 1.54) is 12.8 Å². The van der Waals surface area contributed by atoms with E-state index in [0.29, 0.717) is 24.9 Å². The molecule has 0 aliphatic heterocycles. The SMILES string of the molecule is CCOc1ccc(OCC(=O)NCc2cc(-c3ccccn3)n(C3CCCC3)n2)cc1. The lowest BCUT2D eigenvalue weighted by Gasteiger charge is -2.13. The second-order valence-electron chi connectivity index (χ2n) is 7.59. The van der Waals surface area contributed by atoms with Crippen LogP contribution < -0.4 is 14.8 Å². The molecular weight excluding hydrogens is 392 g/mol. The highest BCUT2D eigenvalue weighted by atomic mass is 16.5. The van der Waals surface area contributed by atoms with Crippen molar-refractivity contribution in [1.29, 1.82) is 0 Å². The minimum atomic E-state index is -0.191. The van der Waals surface area contributed by atoms with Crippen LogP contribution in [-0.4, -0.2) is 33.9 Å². The molecule has 2 aromatic heterocycles. The summed E-state index contributed by atoms with van der Waals surface area (Å²) in [5.41, 5.74) is 2.72. The first-order valence-electron chi connectivity index (χ1n) is 10.8. The number of hydrogen-bond donors (Lipinski definition) is 1. The van der Waals surface area contributed by atoms with Crippen molar-refractivity contribution in [3.8, 4) is 22.9 Å². The summed E-state index contributed by atoms with van der Waals surface area (Å²) in [4.78, 5) is 16.8. The molecule has 0 saturated heterocycles. The van der Waals surface area contributed by atoms with Crippen LogP contribution >= 0.6 is 0 Å². The van der Waals surface area contributed by atoms with Gasteiger partial charge in [-0.25, -0.2) is 0 Å². The molecule has 1 amide bonds. The molecule has 0 unspecified atom stereocenters. The Balaban J connectivity index is 1.36. The Morgan fingerprint density at radius 3 is 2.52 bits per heavy atom. The van der Waals surface area contributed by atoms with Gasteiger partial charge < -0.3 is 14.8 Å². The molecule has 3 aromatic rings. The smallest absolute Gasteiger partial charge is 0.258 e. The lowest BCUT2D eigenvalue weighted by molar-refractivity contribution is -0.123. The predicted molar refractivity (Wildman–Crippen MR) is 118 cm³/mol. The van der Waals surface area contributed by atoms with Crippen LogP contribution in [0, 0.1) is 0 Å². The molecule has 1 fully saturated rings. The van der Waals surface area contributed by atoms with Crippen molar-refractivity contribution >= 4 is 5.91 Å². The molecule has 1 N–H and O–H groups in total. The highest BCUT2D eigenvalue weighted by Crippen LogP contribution is 2.33. The van der Waals surface area contributed by atoms with E-state index in [9.17, 15) is 4.79 Å². The van der Waals surface area contributed by atoms with E-state index in [-0.39, 0.29) is 12.5 Å². The summed E-state index contributed by atoms with van der Waals surface area (Å²) in [6.45, 7) is 2.85. The standard InChI is InChI=1S/C24H28N4O3/c1-2-30-20-10-12-21(13-11-20)31-17-24(29)26-16-18-15-23(22-9-5-6-14-25-22)28(27-18)19-7-3-4-8-19/h5-6,9-15,19H,2-4,7-8,16-17H2,1H3,(H,26,29). The van der Waals surface area contributed by atoms with Gasteiger partial charge in [-0.15, -0.1) is 0 Å². The Bertz CT molecular complexity index is 980. The number of carbonyl (C=O) groups is 1. The minimum absolute atomic E-state index is 0.0512. The van der Waals surface area contributed by atoms with Crippen LogP contribution in [0.3, 0.4) is 0 Å². The van der Waals surface area contributed by atoms with E-state index in [1.807, 2.05) is 43.3 Å². The zero-order valence-electron chi connectivity index (χ0n) is 17.8. The molecule has 7 nitrogen and oxygen atoms in total. The van der Waals surface area contributed by atoms with Crippen molar-refractivity contribution in [2.75, 3.05) is 13.2 Å². The number of amides is 1. The van der Waals surface area contributed by atoms with E-state index in [1.54, 1.807) is 18.3 Å². The molecule has 1 aliphatic rings. The topological polar surface area (TPSA) is 78.3 Å². The summed E-state index contributed by atoms with van der Waals surface area (Å²) in [5, 5.41) is 7.69. The molecule has 0 radical (unpaired) electrons. The zero-order valence-corrected chi connectivity index (χ0v) is 17.8. The molecule has 0 atom stereocenters. The summed E-state index contributed by atoms with van der Waals surface area (Å²) < 4.78 is 13.1. The number of nitrogens with zero attached hydrogens (tertiary/aromatic N) is 3. The van der Waals surface area contributed by atoms with Crippen molar-refractivity contribution in [2.45, 2.75) is 45.2 Å². The van der Waals surface area contributed by atoms with E-state index >= 15 is 0 Å². The average Bonchev–Trinajstić information content (AvgIpc) is 3.48. The molecule has 162 valence electrons. The van der Waals surface area contributed by atoms with Gasteiger partial charge in [0.1, 0.15) is 11.5 Å². The van der Waals surface area contributed by atoms with Crippen LogP contribution in [0.15, 0.2) is 54.7 Å². The van der Waals surface area contributed by atoms with Crippen LogP contribution in [-0.2, 0) is 11.3 Å². The molecule has 2 heterocycles. The normalized spacial score (nSPS) is 13.8. The summed E-state index contributed by atoms with van der Waals surface area (Å²) >= 11 is 0. The number of carbonyl (C=O) groups excluding carboxylic acids is 1. The van der Waals surface area contributed by atoms with Gasteiger partial charge in [0, 0.05) is 6.20 Å². The second kappa shape index (κ2) is 10.1. The first-order chi connectivity index (χ1) is 15.2. The van der Waals surface area contributed by atoms with Crippen molar-refractivity contribution in [3.05, 3.63) is 60.4 Å². The summed E-state index contributed by atoms with van der Waals surface area (Å²) in [6, 6.07) is 15.5. The molecule has 1 aliphatic carbocycles. The first-order valence-corrected chi connectivity index (χ1v) is 10.8. The molecule has 0 bridgehead atoms. The number of pyridine rings is 1. The third-order valence-corrected chi connectivity index (χ3v) is 5.36. The van der Waals surface area contributed by atoms with Crippen LogP contribution in [0.5, 0.6) is 11.5 Å². The lowest BCUT2D eigenvalue weighted by Crippen LogP contribution is -2.28. The summed E-state index contributed by atoms with van der Waals surface area (Å²) in [7, 11) is 0. The monoisotopic (exact) mass is 420 g/mol. The molecule has 7 heteroatoms. The fraction of sp³-hybridized carbons (Fsp3) is 0.375. The van der Waals surface area contributed by atoms with Crippen molar-refractivity contribution in [2.24, 2.45) is 0 Å². The highest BCUT2D eigenvalue weighted by Gasteiger charge is 2.22. The predicted octanol–water partition coefficient (Wildman–Crippen LogP) is 4.15. The molecular formula is C24H28N4O3. The Kier molecular flexibility index (Phi) is 6.82. The van der Waals surface area contributed by atoms with Crippen molar-refractivity contribution in [3.63, 3.8) is 0 Å². The number of hydrogen-bond acceptors (Lipinski definition) is 5. The number of ether oxygens (including phenoxy) is 2. The number of nitrogens with one attached hydrogen (secondary N) is 1. The van der Waals surface area contributed by atoms with E-state index in [4.69, 9.17) is 14.6 Å². The molecule has 1 aromatic carbocycles. The Morgan fingerprint density at radius 1 is 1.10 bits per heavy atom. The van der Waals surface area contributed by atoms with Crippen LogP contribution in [0.1, 0.15) is 44.3 Å². The van der Waals surface area contributed by atoms with E-state index < -0.39 is 0 Å². The average molecular weight is 421 g/mol. The molecule has 4 rings (SSSR count). The third kappa shape index (κ3) is 5.42. The van der Waals surface area contributed by atoms with Gasteiger partial charge >= 0.3 is 0 Å². The maximum Gasteiger partial charge on any atom is 0.258 e. The maximum absolute atomic E-state index is 12.3. The minimum Gasteiger partial charge on any atom is -0.494 e. The quantitative estimate of drug-likeness (QED) is 0.563. The van der Waals surface area contributed by atoms with Crippen LogP contribution in [0.25, 0.3) is 11.4 Å². The van der Waals surface area contributed by atoms with E-state index in [0.717, 1.165) is 35.7 Å². The van der Waals surface area contributed by atoms with Gasteiger partial charge in [0.15, 0.2) is 6.61 Å². The Labute approximate surface area is 182 Å². The second-order valence-corrected chi connectivity index (χ2v) is 7.59. The first kappa shape index (κ1) is 20.9. The Morgan fingerprint density at radius 2 is 1.84 bits per heavy atom. The summed E-state index contributed by atoms with van der Waals surface area (Å²) in [5.74, 6) is 1.21. The zero-order chi connectivity index (χ0) is 21.5. The van der Waals surface area contributed by atoms with Crippen LogP contribution in [0.4, 0.5) is 0 Å². The van der Waals surface area contributed by atoms with Crippen LogP contribution in [0.2, 0.25) is 0 Å². The van der Waals surface area contributed by atoms with Gasteiger partial charge in [-0.2, -0.15) is 5.10 Å². The van der Waals surface area contributed by atoms with E-state index in [2.05, 4.69) is 15.0 Å². The van der Waals surface area contributed by atoms with Gasteiger partial charge in [0.05, 0.1) is 36.3 Å². The summed E-state index contributed by atoms with van der Waals surface area (Å²) in [6.07, 6.45) is 6.50. The largest absolute Gasteiger partial charge is 0.494 e.